The third-order valence-electron chi connectivity index (χ3n) is 11.9. The minimum absolute atomic E-state index is 0.0481. The summed E-state index contributed by atoms with van der Waals surface area (Å²) in [7, 11) is 0. The van der Waals surface area contributed by atoms with Gasteiger partial charge in [-0.2, -0.15) is 0 Å². The summed E-state index contributed by atoms with van der Waals surface area (Å²) in [4.78, 5) is 11.6. The van der Waals surface area contributed by atoms with E-state index in [0.29, 0.717) is 23.5 Å². The second kappa shape index (κ2) is 8.33. The van der Waals surface area contributed by atoms with Crippen molar-refractivity contribution in [1.82, 2.24) is 5.32 Å². The lowest BCUT2D eigenvalue weighted by Gasteiger charge is -2.54. The molecule has 6 aliphatic rings. The van der Waals surface area contributed by atoms with Gasteiger partial charge in [-0.1, -0.05) is 31.9 Å². The zero-order valence-corrected chi connectivity index (χ0v) is 22.2. The molecule has 6 rings (SSSR count). The van der Waals surface area contributed by atoms with E-state index in [4.69, 9.17) is 9.47 Å². The predicted octanol–water partition coefficient (Wildman–Crippen LogP) is 6.04. The molecule has 34 heavy (non-hydrogen) atoms. The number of rotatable bonds is 1. The van der Waals surface area contributed by atoms with E-state index < -0.39 is 0 Å². The first-order valence-electron chi connectivity index (χ1n) is 14.5. The van der Waals surface area contributed by atoms with E-state index in [9.17, 15) is 4.79 Å². The molecule has 0 bridgehead atoms. The van der Waals surface area contributed by atoms with Crippen molar-refractivity contribution in [2.24, 2.45) is 40.9 Å². The van der Waals surface area contributed by atoms with Crippen LogP contribution in [0, 0.1) is 40.9 Å². The number of allylic oxidation sites excluding steroid dienone is 1. The van der Waals surface area contributed by atoms with Crippen molar-refractivity contribution in [3.05, 3.63) is 11.1 Å². The monoisotopic (exact) mass is 469 g/mol. The standard InChI is InChI=1S/C30H47NO3/c1-17-12-27-28(31-16-17)19(3)30(34-27)11-9-23-24-7-6-21-13-22(33-20(4)32)8-10-29(21,5)26(24)14-25(23)18(2)15-30/h17,19,21-24,26-28,31H,6-16H2,1-5H3/t17-,19+,21+,22+,23-,24-,26-,27+,28-,29-,30-/m0/s1. The van der Waals surface area contributed by atoms with Crippen LogP contribution in [-0.2, 0) is 14.3 Å². The van der Waals surface area contributed by atoms with E-state index in [2.05, 4.69) is 33.0 Å². The van der Waals surface area contributed by atoms with Gasteiger partial charge in [-0.15, -0.1) is 0 Å². The molecule has 2 aliphatic heterocycles. The predicted molar refractivity (Wildman–Crippen MR) is 134 cm³/mol. The highest BCUT2D eigenvalue weighted by atomic mass is 16.5. The third kappa shape index (κ3) is 3.56. The number of carbonyl (C=O) groups is 1. The molecule has 4 heteroatoms. The summed E-state index contributed by atoms with van der Waals surface area (Å²) in [6.07, 6.45) is 12.9. The number of ether oxygens (including phenoxy) is 2. The van der Waals surface area contributed by atoms with Crippen molar-refractivity contribution < 1.29 is 14.3 Å². The highest BCUT2D eigenvalue weighted by Gasteiger charge is 2.59. The van der Waals surface area contributed by atoms with Gasteiger partial charge in [0, 0.05) is 18.9 Å². The molecule has 2 heterocycles. The fraction of sp³-hybridized carbons (Fsp3) is 0.900. The number of hydrogen-bond donors (Lipinski definition) is 1. The highest BCUT2D eigenvalue weighted by molar-refractivity contribution is 5.66. The Hall–Kier alpha value is -0.870. The maximum absolute atomic E-state index is 11.6. The van der Waals surface area contributed by atoms with Crippen molar-refractivity contribution >= 4 is 5.97 Å². The molecule has 1 N–H and O–H groups in total. The number of piperidine rings is 1. The van der Waals surface area contributed by atoms with Crippen molar-refractivity contribution in [2.45, 2.75) is 123 Å². The van der Waals surface area contributed by atoms with Crippen LogP contribution in [0.5, 0.6) is 0 Å². The van der Waals surface area contributed by atoms with E-state index in [1.807, 2.05) is 5.57 Å². The van der Waals surface area contributed by atoms with Crippen molar-refractivity contribution in [2.75, 3.05) is 6.54 Å². The largest absolute Gasteiger partial charge is 0.463 e. The van der Waals surface area contributed by atoms with Gasteiger partial charge in [-0.3, -0.25) is 4.79 Å². The van der Waals surface area contributed by atoms with Crippen LogP contribution in [0.4, 0.5) is 0 Å². The Morgan fingerprint density at radius 3 is 2.74 bits per heavy atom. The van der Waals surface area contributed by atoms with Crippen molar-refractivity contribution in [3.63, 3.8) is 0 Å². The van der Waals surface area contributed by atoms with Crippen LogP contribution in [0.2, 0.25) is 0 Å². The second-order valence-corrected chi connectivity index (χ2v) is 13.7. The minimum Gasteiger partial charge on any atom is -0.463 e. The molecule has 0 amide bonds. The fourth-order valence-electron chi connectivity index (χ4n) is 10.1. The first-order chi connectivity index (χ1) is 16.2. The van der Waals surface area contributed by atoms with Crippen LogP contribution in [0.1, 0.15) is 98.8 Å². The number of fused-ring (bicyclic) bond motifs is 6. The van der Waals surface area contributed by atoms with Gasteiger partial charge in [0.1, 0.15) is 6.10 Å². The molecular weight excluding hydrogens is 422 g/mol. The number of carbonyl (C=O) groups excluding carboxylic acids is 1. The SMILES string of the molecule is CC(=O)O[C@@H]1CC[C@@]2(C)[C@H](CC[C@H]3[C@@H]4CC[C@@]5(CC(C)=C4C[C@@H]32)O[C@@H]2C[C@H](C)CN[C@H]2[C@H]5C)C1. The minimum atomic E-state index is -0.104. The fourth-order valence-corrected chi connectivity index (χ4v) is 10.1. The summed E-state index contributed by atoms with van der Waals surface area (Å²) in [6.45, 7) is 12.6. The molecule has 0 unspecified atom stereocenters. The van der Waals surface area contributed by atoms with E-state index in [-0.39, 0.29) is 17.7 Å². The molecule has 0 aromatic heterocycles. The molecule has 2 saturated heterocycles. The van der Waals surface area contributed by atoms with Crippen LogP contribution in [-0.4, -0.2) is 36.4 Å². The number of hydrogen-bond acceptors (Lipinski definition) is 4. The average molecular weight is 470 g/mol. The lowest BCUT2D eigenvalue weighted by atomic mass is 9.52. The zero-order chi connectivity index (χ0) is 23.8. The molecular formula is C30H47NO3. The first-order valence-corrected chi connectivity index (χ1v) is 14.5. The molecule has 11 atom stereocenters. The summed E-state index contributed by atoms with van der Waals surface area (Å²) in [6, 6.07) is 0.543. The Balaban J connectivity index is 1.23. The molecule has 190 valence electrons. The quantitative estimate of drug-likeness (QED) is 0.375. The van der Waals surface area contributed by atoms with E-state index >= 15 is 0 Å². The van der Waals surface area contributed by atoms with Gasteiger partial charge < -0.3 is 14.8 Å². The summed E-state index contributed by atoms with van der Waals surface area (Å²) in [5, 5.41) is 3.86. The van der Waals surface area contributed by atoms with Gasteiger partial charge in [0.2, 0.25) is 0 Å². The average Bonchev–Trinajstić information content (AvgIpc) is 3.24. The van der Waals surface area contributed by atoms with Gasteiger partial charge in [0.05, 0.1) is 11.7 Å². The second-order valence-electron chi connectivity index (χ2n) is 13.7. The normalized spacial score (nSPS) is 52.4. The van der Waals surface area contributed by atoms with Crippen molar-refractivity contribution in [3.8, 4) is 0 Å². The Morgan fingerprint density at radius 2 is 1.94 bits per heavy atom. The van der Waals surface area contributed by atoms with Gasteiger partial charge in [-0.25, -0.2) is 0 Å². The molecule has 4 aliphatic carbocycles. The van der Waals surface area contributed by atoms with Gasteiger partial charge in [-0.05, 0) is 113 Å². The molecule has 0 radical (unpaired) electrons. The topological polar surface area (TPSA) is 47.6 Å². The van der Waals surface area contributed by atoms with Gasteiger partial charge >= 0.3 is 5.97 Å². The lowest BCUT2D eigenvalue weighted by Crippen LogP contribution is -2.48. The molecule has 4 nitrogen and oxygen atoms in total. The molecule has 0 aromatic carbocycles. The Bertz CT molecular complexity index is 867. The maximum Gasteiger partial charge on any atom is 0.302 e. The van der Waals surface area contributed by atoms with E-state index in [0.717, 1.165) is 55.4 Å². The molecule has 3 saturated carbocycles. The summed E-state index contributed by atoms with van der Waals surface area (Å²) < 4.78 is 12.7. The highest BCUT2D eigenvalue weighted by Crippen LogP contribution is 2.65. The van der Waals surface area contributed by atoms with Gasteiger partial charge in [0.25, 0.3) is 0 Å². The van der Waals surface area contributed by atoms with E-state index in [1.54, 1.807) is 12.5 Å². The Labute approximate surface area is 207 Å². The van der Waals surface area contributed by atoms with Crippen LogP contribution in [0.15, 0.2) is 11.1 Å². The smallest absolute Gasteiger partial charge is 0.302 e. The summed E-state index contributed by atoms with van der Waals surface area (Å²) >= 11 is 0. The molecule has 0 aromatic rings. The van der Waals surface area contributed by atoms with Crippen LogP contribution in [0.3, 0.4) is 0 Å². The maximum atomic E-state index is 11.6. The van der Waals surface area contributed by atoms with E-state index in [1.165, 1.54) is 44.9 Å². The van der Waals surface area contributed by atoms with Crippen LogP contribution < -0.4 is 5.32 Å². The zero-order valence-electron chi connectivity index (χ0n) is 22.2. The van der Waals surface area contributed by atoms with Crippen LogP contribution in [0.25, 0.3) is 0 Å². The molecule has 5 fully saturated rings. The number of esters is 1. The molecule has 1 spiro atoms. The lowest BCUT2D eigenvalue weighted by molar-refractivity contribution is -0.154. The third-order valence-corrected chi connectivity index (χ3v) is 11.9. The summed E-state index contributed by atoms with van der Waals surface area (Å²) in [5.74, 6) is 4.38. The van der Waals surface area contributed by atoms with Crippen LogP contribution >= 0.6 is 0 Å². The number of nitrogens with one attached hydrogen (secondary N) is 1. The van der Waals surface area contributed by atoms with Gasteiger partial charge in [0.15, 0.2) is 0 Å². The Morgan fingerprint density at radius 1 is 1.12 bits per heavy atom. The Kier molecular flexibility index (Phi) is 5.76. The summed E-state index contributed by atoms with van der Waals surface area (Å²) in [5.41, 5.74) is 3.96. The first kappa shape index (κ1) is 23.5. The van der Waals surface area contributed by atoms with Crippen molar-refractivity contribution in [1.29, 1.82) is 0 Å².